The Hall–Kier alpha value is -3.03. The molecule has 8 nitrogen and oxygen atoms in total. The first-order valence-electron chi connectivity index (χ1n) is 23.5. The van der Waals surface area contributed by atoms with Crippen LogP contribution in [-0.4, -0.2) is 41.0 Å². The fraction of sp³-hybridized carbons (Fsp3) is 0.647. The molecule has 2 N–H and O–H groups in total. The molecule has 0 saturated heterocycles. The molecule has 0 unspecified atom stereocenters. The molecule has 0 aliphatic rings. The van der Waals surface area contributed by atoms with Crippen molar-refractivity contribution in [2.45, 2.75) is 200 Å². The largest absolute Gasteiger partial charge is 0.469 e. The van der Waals surface area contributed by atoms with Crippen molar-refractivity contribution in [2.24, 2.45) is 0 Å². The highest BCUT2D eigenvalue weighted by molar-refractivity contribution is 7.46. The van der Waals surface area contributed by atoms with Crippen LogP contribution in [0.5, 0.6) is 0 Å². The van der Waals surface area contributed by atoms with Gasteiger partial charge in [-0.05, 0) is 83.5 Å². The quantitative estimate of drug-likeness (QED) is 0.0270. The van der Waals surface area contributed by atoms with E-state index in [1.54, 1.807) is 0 Å². The number of phosphoric acid groups is 1. The first-order chi connectivity index (χ1) is 29.3. The van der Waals surface area contributed by atoms with Crippen molar-refractivity contribution in [1.29, 1.82) is 0 Å². The molecule has 0 fully saturated rings. The predicted molar refractivity (Wildman–Crippen MR) is 253 cm³/mol. The second-order valence-electron chi connectivity index (χ2n) is 15.3. The Morgan fingerprint density at radius 1 is 0.450 bits per heavy atom. The number of ether oxygens (including phenoxy) is 2. The number of esters is 2. The van der Waals surface area contributed by atoms with E-state index in [4.69, 9.17) is 19.3 Å². The summed E-state index contributed by atoms with van der Waals surface area (Å²) in [4.78, 5) is 42.9. The highest BCUT2D eigenvalue weighted by Gasteiger charge is 2.22. The van der Waals surface area contributed by atoms with Gasteiger partial charge in [-0.25, -0.2) is 4.57 Å². The number of allylic oxidation sites excluding steroid dienone is 16. The zero-order valence-electron chi connectivity index (χ0n) is 37.8. The van der Waals surface area contributed by atoms with Crippen molar-refractivity contribution in [1.82, 2.24) is 0 Å². The van der Waals surface area contributed by atoms with Crippen LogP contribution in [0.1, 0.15) is 194 Å². The van der Waals surface area contributed by atoms with Gasteiger partial charge < -0.3 is 19.3 Å². The van der Waals surface area contributed by atoms with Gasteiger partial charge in [0.1, 0.15) is 6.61 Å². The lowest BCUT2D eigenvalue weighted by Crippen LogP contribution is -2.29. The van der Waals surface area contributed by atoms with Crippen LogP contribution in [0, 0.1) is 0 Å². The molecule has 60 heavy (non-hydrogen) atoms. The van der Waals surface area contributed by atoms with Gasteiger partial charge in [0.15, 0.2) is 6.10 Å². The molecule has 0 aromatic rings. The summed E-state index contributed by atoms with van der Waals surface area (Å²) in [7, 11) is -4.79. The van der Waals surface area contributed by atoms with Gasteiger partial charge in [0.05, 0.1) is 6.61 Å². The van der Waals surface area contributed by atoms with Crippen molar-refractivity contribution in [3.8, 4) is 0 Å². The van der Waals surface area contributed by atoms with Gasteiger partial charge in [-0.1, -0.05) is 195 Å². The Bertz CT molecular complexity index is 1290. The molecular weight excluding hydrogens is 772 g/mol. The van der Waals surface area contributed by atoms with E-state index in [0.717, 1.165) is 64.2 Å². The van der Waals surface area contributed by atoms with Crippen LogP contribution in [0.25, 0.3) is 0 Å². The summed E-state index contributed by atoms with van der Waals surface area (Å²) in [5.74, 6) is -1.04. The minimum absolute atomic E-state index is 0.0736. The van der Waals surface area contributed by atoms with Crippen LogP contribution >= 0.6 is 7.82 Å². The number of rotatable bonds is 42. The summed E-state index contributed by atoms with van der Waals surface area (Å²) in [5.41, 5.74) is 0. The molecule has 0 saturated carbocycles. The third kappa shape index (κ3) is 47.6. The predicted octanol–water partition coefficient (Wildman–Crippen LogP) is 15.0. The molecule has 0 amide bonds. The third-order valence-corrected chi connectivity index (χ3v) is 10.1. The molecule has 0 aromatic carbocycles. The van der Waals surface area contributed by atoms with Crippen molar-refractivity contribution in [3.05, 3.63) is 97.2 Å². The van der Waals surface area contributed by atoms with Crippen LogP contribution in [0.3, 0.4) is 0 Å². The average Bonchev–Trinajstić information content (AvgIpc) is 3.22. The van der Waals surface area contributed by atoms with Crippen molar-refractivity contribution in [3.63, 3.8) is 0 Å². The van der Waals surface area contributed by atoms with Gasteiger partial charge in [-0.3, -0.25) is 14.1 Å². The van der Waals surface area contributed by atoms with Gasteiger partial charge in [-0.2, -0.15) is 0 Å². The number of hydrogen-bond donors (Lipinski definition) is 2. The Morgan fingerprint density at radius 3 is 1.32 bits per heavy atom. The van der Waals surface area contributed by atoms with E-state index in [9.17, 15) is 14.2 Å². The topological polar surface area (TPSA) is 119 Å². The molecule has 0 heterocycles. The molecule has 0 radical (unpaired) electrons. The molecule has 0 aromatic heterocycles. The Morgan fingerprint density at radius 2 is 0.850 bits per heavy atom. The van der Waals surface area contributed by atoms with Gasteiger partial charge in [0.2, 0.25) is 0 Å². The lowest BCUT2D eigenvalue weighted by atomic mass is 10.0. The summed E-state index contributed by atoms with van der Waals surface area (Å²) in [6, 6.07) is 0. The lowest BCUT2D eigenvalue weighted by Gasteiger charge is -2.18. The van der Waals surface area contributed by atoms with E-state index in [1.807, 2.05) is 12.2 Å². The van der Waals surface area contributed by atoms with Crippen LogP contribution in [0.4, 0.5) is 0 Å². The first kappa shape index (κ1) is 57.0. The van der Waals surface area contributed by atoms with Crippen LogP contribution in [0.2, 0.25) is 0 Å². The number of carbonyl (C=O) groups excluding carboxylic acids is 2. The van der Waals surface area contributed by atoms with E-state index < -0.39 is 32.5 Å². The SMILES string of the molecule is CC/C=C/C/C=C/C/C=C/C/C=C/C/C=C/C/C=C/CCC(=O)O[C@H](COC(=O)CCC/C=C/CC/C=C/CCCCCCCCCCCCCCCC)COP(=O)(O)O. The summed E-state index contributed by atoms with van der Waals surface area (Å²) >= 11 is 0. The standard InChI is InChI=1S/C51H85O8P/c1-3-5-7-9-11-13-15-17-19-21-23-24-25-26-28-29-31-33-35-37-39-41-43-45-50(52)57-47-49(48-58-60(54,55)56)59-51(53)46-44-42-40-38-36-34-32-30-27-22-20-18-16-14-12-10-8-6-4-2/h6,8,12,14,18,20,27,29-31,34,36-37,39-40,42,49H,3-5,7,9-11,13,15-17,19,21-26,28,32-33,35,38,41,43-48H2,1-2H3,(H2,54,55,56)/b8-6+,14-12+,20-18+,30-27+,31-29+,36-34+,39-37+,42-40+/t49-/m1/s1. The summed E-state index contributed by atoms with van der Waals surface area (Å²) in [5, 5.41) is 0. The van der Waals surface area contributed by atoms with Crippen molar-refractivity contribution in [2.75, 3.05) is 13.2 Å². The summed E-state index contributed by atoms with van der Waals surface area (Å²) < 4.78 is 26.3. The van der Waals surface area contributed by atoms with Crippen molar-refractivity contribution >= 4 is 19.8 Å². The molecular formula is C51H85O8P. The zero-order chi connectivity index (χ0) is 43.9. The second-order valence-corrected chi connectivity index (χ2v) is 16.6. The monoisotopic (exact) mass is 857 g/mol. The highest BCUT2D eigenvalue weighted by Crippen LogP contribution is 2.36. The number of carbonyl (C=O) groups is 2. The van der Waals surface area contributed by atoms with Gasteiger partial charge >= 0.3 is 19.8 Å². The maximum atomic E-state index is 12.4. The minimum atomic E-state index is -4.79. The Kier molecular flexibility index (Phi) is 43.2. The lowest BCUT2D eigenvalue weighted by molar-refractivity contribution is -0.161. The van der Waals surface area contributed by atoms with Gasteiger partial charge in [0, 0.05) is 12.8 Å². The third-order valence-electron chi connectivity index (χ3n) is 9.58. The molecule has 0 aliphatic carbocycles. The smallest absolute Gasteiger partial charge is 0.462 e. The number of phosphoric ester groups is 1. The molecule has 342 valence electrons. The number of unbranched alkanes of at least 4 members (excludes halogenated alkanes) is 16. The Balaban J connectivity index is 4.03. The van der Waals surface area contributed by atoms with Crippen LogP contribution < -0.4 is 0 Å². The first-order valence-corrected chi connectivity index (χ1v) is 25.1. The highest BCUT2D eigenvalue weighted by atomic mass is 31.2. The molecule has 1 atom stereocenters. The molecule has 0 spiro atoms. The van der Waals surface area contributed by atoms with E-state index in [0.29, 0.717) is 12.8 Å². The summed E-state index contributed by atoms with van der Waals surface area (Å²) in [6.07, 6.45) is 63.1. The van der Waals surface area contributed by atoms with Gasteiger partial charge in [-0.15, -0.1) is 0 Å². The van der Waals surface area contributed by atoms with E-state index in [1.165, 1.54) is 89.9 Å². The van der Waals surface area contributed by atoms with Crippen molar-refractivity contribution < 1.29 is 37.9 Å². The van der Waals surface area contributed by atoms with Crippen LogP contribution in [-0.2, 0) is 28.2 Å². The van der Waals surface area contributed by atoms with E-state index in [-0.39, 0.29) is 19.4 Å². The molecule has 0 aliphatic heterocycles. The zero-order valence-corrected chi connectivity index (χ0v) is 38.7. The minimum Gasteiger partial charge on any atom is -0.462 e. The second kappa shape index (κ2) is 45.5. The average molecular weight is 857 g/mol. The van der Waals surface area contributed by atoms with E-state index >= 15 is 0 Å². The fourth-order valence-electron chi connectivity index (χ4n) is 6.12. The summed E-state index contributed by atoms with van der Waals surface area (Å²) in [6.45, 7) is 3.49. The molecule has 0 rings (SSSR count). The van der Waals surface area contributed by atoms with Crippen LogP contribution in [0.15, 0.2) is 97.2 Å². The molecule has 9 heteroatoms. The fourth-order valence-corrected chi connectivity index (χ4v) is 6.49. The van der Waals surface area contributed by atoms with E-state index in [2.05, 4.69) is 103 Å². The molecule has 0 bridgehead atoms. The number of hydrogen-bond acceptors (Lipinski definition) is 6. The van der Waals surface area contributed by atoms with Gasteiger partial charge in [0.25, 0.3) is 0 Å². The maximum Gasteiger partial charge on any atom is 0.469 e. The maximum absolute atomic E-state index is 12.4. The Labute approximate surface area is 366 Å². The normalized spacial score (nSPS) is 13.3.